The lowest BCUT2D eigenvalue weighted by Gasteiger charge is -2.03. The van der Waals surface area contributed by atoms with Crippen LogP contribution in [0.25, 0.3) is 11.5 Å². The molecular formula is C12H13FN2O2. The maximum atomic E-state index is 13.5. The first-order valence-electron chi connectivity index (χ1n) is 5.24. The van der Waals surface area contributed by atoms with Crippen LogP contribution in [0.5, 0.6) is 0 Å². The highest BCUT2D eigenvalue weighted by Gasteiger charge is 2.18. The molecule has 2 aromatic rings. The van der Waals surface area contributed by atoms with Gasteiger partial charge in [-0.05, 0) is 19.1 Å². The summed E-state index contributed by atoms with van der Waals surface area (Å²) in [6.07, 6.45) is -0.914. The Morgan fingerprint density at radius 3 is 2.82 bits per heavy atom. The summed E-state index contributed by atoms with van der Waals surface area (Å²) in [6.45, 7) is 1.72. The maximum Gasteiger partial charge on any atom is 0.229 e. The Bertz CT molecular complexity index is 525. The fourth-order valence-electron chi connectivity index (χ4n) is 1.57. The number of aryl methyl sites for hydroxylation is 1. The van der Waals surface area contributed by atoms with Crippen molar-refractivity contribution in [1.82, 2.24) is 4.98 Å². The van der Waals surface area contributed by atoms with Gasteiger partial charge in [-0.25, -0.2) is 9.37 Å². The van der Waals surface area contributed by atoms with Gasteiger partial charge in [0.2, 0.25) is 5.89 Å². The summed E-state index contributed by atoms with van der Waals surface area (Å²) in [7, 11) is 0. The highest BCUT2D eigenvalue weighted by atomic mass is 19.1. The van der Waals surface area contributed by atoms with Gasteiger partial charge in [0.25, 0.3) is 0 Å². The molecule has 0 aliphatic carbocycles. The van der Waals surface area contributed by atoms with Crippen LogP contribution in [0.1, 0.15) is 17.6 Å². The number of hydrogen-bond acceptors (Lipinski definition) is 4. The normalized spacial score (nSPS) is 12.7. The Morgan fingerprint density at radius 2 is 2.18 bits per heavy atom. The lowest BCUT2D eigenvalue weighted by atomic mass is 10.2. The molecule has 1 unspecified atom stereocenters. The number of aliphatic hydroxyl groups is 1. The van der Waals surface area contributed by atoms with Crippen LogP contribution >= 0.6 is 0 Å². The van der Waals surface area contributed by atoms with Crippen LogP contribution in [-0.4, -0.2) is 16.6 Å². The molecule has 0 saturated carbocycles. The van der Waals surface area contributed by atoms with Crippen molar-refractivity contribution in [2.24, 2.45) is 5.73 Å². The number of rotatable bonds is 3. The molecule has 0 aliphatic heterocycles. The predicted molar refractivity (Wildman–Crippen MR) is 60.6 cm³/mol. The van der Waals surface area contributed by atoms with Gasteiger partial charge in [0.05, 0.1) is 11.3 Å². The van der Waals surface area contributed by atoms with Crippen molar-refractivity contribution >= 4 is 0 Å². The van der Waals surface area contributed by atoms with Crippen LogP contribution < -0.4 is 5.73 Å². The van der Waals surface area contributed by atoms with Gasteiger partial charge < -0.3 is 15.3 Å². The number of aromatic nitrogens is 1. The van der Waals surface area contributed by atoms with E-state index in [9.17, 15) is 9.50 Å². The summed E-state index contributed by atoms with van der Waals surface area (Å²) in [6, 6.07) is 6.17. The topological polar surface area (TPSA) is 72.3 Å². The van der Waals surface area contributed by atoms with Crippen molar-refractivity contribution in [3.8, 4) is 11.5 Å². The summed E-state index contributed by atoms with van der Waals surface area (Å²) in [5.41, 5.74) is 6.12. The number of hydrogen-bond donors (Lipinski definition) is 2. The van der Waals surface area contributed by atoms with Crippen molar-refractivity contribution in [3.63, 3.8) is 0 Å². The van der Waals surface area contributed by atoms with Crippen LogP contribution in [0, 0.1) is 12.7 Å². The summed E-state index contributed by atoms with van der Waals surface area (Å²) >= 11 is 0. The van der Waals surface area contributed by atoms with Gasteiger partial charge in [0, 0.05) is 6.54 Å². The molecule has 0 amide bonds. The summed E-state index contributed by atoms with van der Waals surface area (Å²) in [4.78, 5) is 4.09. The summed E-state index contributed by atoms with van der Waals surface area (Å²) in [5, 5.41) is 9.59. The molecule has 1 aromatic heterocycles. The zero-order chi connectivity index (χ0) is 12.4. The van der Waals surface area contributed by atoms with E-state index < -0.39 is 11.9 Å². The molecule has 3 N–H and O–H groups in total. The largest absolute Gasteiger partial charge is 0.438 e. The Kier molecular flexibility index (Phi) is 3.21. The molecule has 1 aromatic carbocycles. The lowest BCUT2D eigenvalue weighted by molar-refractivity contribution is 0.158. The van der Waals surface area contributed by atoms with E-state index in [0.29, 0.717) is 5.69 Å². The minimum Gasteiger partial charge on any atom is -0.438 e. The van der Waals surface area contributed by atoms with Gasteiger partial charge in [-0.2, -0.15) is 0 Å². The Balaban J connectivity index is 2.45. The first-order chi connectivity index (χ1) is 8.13. The molecule has 5 heteroatoms. The molecular weight excluding hydrogens is 223 g/mol. The molecule has 1 heterocycles. The number of aliphatic hydroxyl groups excluding tert-OH is 1. The van der Waals surface area contributed by atoms with E-state index in [0.717, 1.165) is 0 Å². The Hall–Kier alpha value is -1.72. The average Bonchev–Trinajstić information content (AvgIpc) is 2.71. The Labute approximate surface area is 97.9 Å². The van der Waals surface area contributed by atoms with Gasteiger partial charge in [-0.1, -0.05) is 12.1 Å². The molecule has 0 fully saturated rings. The van der Waals surface area contributed by atoms with Crippen molar-refractivity contribution in [2.45, 2.75) is 13.0 Å². The van der Waals surface area contributed by atoms with E-state index >= 15 is 0 Å². The fraction of sp³-hybridized carbons (Fsp3) is 0.250. The van der Waals surface area contributed by atoms with Crippen molar-refractivity contribution < 1.29 is 13.9 Å². The van der Waals surface area contributed by atoms with Gasteiger partial charge in [0.1, 0.15) is 11.9 Å². The summed E-state index contributed by atoms with van der Waals surface area (Å²) < 4.78 is 18.9. The molecule has 17 heavy (non-hydrogen) atoms. The molecule has 0 bridgehead atoms. The summed E-state index contributed by atoms with van der Waals surface area (Å²) in [5.74, 6) is 0.0244. The minimum absolute atomic E-state index is 0.0345. The van der Waals surface area contributed by atoms with Crippen LogP contribution in [0.15, 0.2) is 28.7 Å². The molecule has 1 atom stereocenters. The second kappa shape index (κ2) is 4.65. The molecule has 90 valence electrons. The zero-order valence-corrected chi connectivity index (χ0v) is 9.35. The third-order valence-electron chi connectivity index (χ3n) is 2.46. The Morgan fingerprint density at radius 1 is 1.47 bits per heavy atom. The number of halogens is 1. The SMILES string of the molecule is Cc1nc(-c2ccccc2F)oc1C(O)CN. The second-order valence-corrected chi connectivity index (χ2v) is 3.70. The number of nitrogens with zero attached hydrogens (tertiary/aromatic N) is 1. The molecule has 0 spiro atoms. The molecule has 0 saturated heterocycles. The molecule has 4 nitrogen and oxygen atoms in total. The monoisotopic (exact) mass is 236 g/mol. The van der Waals surface area contributed by atoms with Crippen molar-refractivity contribution in [1.29, 1.82) is 0 Å². The highest BCUT2D eigenvalue weighted by molar-refractivity contribution is 5.54. The number of oxazole rings is 1. The minimum atomic E-state index is -0.914. The number of benzene rings is 1. The smallest absolute Gasteiger partial charge is 0.229 e. The van der Waals surface area contributed by atoms with E-state index in [1.807, 2.05) is 0 Å². The highest BCUT2D eigenvalue weighted by Crippen LogP contribution is 2.26. The van der Waals surface area contributed by atoms with Gasteiger partial charge in [-0.15, -0.1) is 0 Å². The van der Waals surface area contributed by atoms with Crippen molar-refractivity contribution in [3.05, 3.63) is 41.5 Å². The first-order valence-corrected chi connectivity index (χ1v) is 5.24. The standard InChI is InChI=1S/C12H13FN2O2/c1-7-11(10(16)6-14)17-12(15-7)8-4-2-3-5-9(8)13/h2-5,10,16H,6,14H2,1H3. The third kappa shape index (κ3) is 2.20. The predicted octanol–water partition coefficient (Wildman–Crippen LogP) is 1.78. The van der Waals surface area contributed by atoms with Crippen LogP contribution in [0.3, 0.4) is 0 Å². The van der Waals surface area contributed by atoms with Gasteiger partial charge in [0.15, 0.2) is 5.76 Å². The van der Waals surface area contributed by atoms with E-state index in [1.54, 1.807) is 25.1 Å². The number of nitrogens with two attached hydrogens (primary N) is 1. The zero-order valence-electron chi connectivity index (χ0n) is 9.35. The first kappa shape index (κ1) is 11.8. The molecule has 2 rings (SSSR count). The lowest BCUT2D eigenvalue weighted by Crippen LogP contribution is -2.11. The van der Waals surface area contributed by atoms with Gasteiger partial charge >= 0.3 is 0 Å². The maximum absolute atomic E-state index is 13.5. The van der Waals surface area contributed by atoms with E-state index in [-0.39, 0.29) is 23.8 Å². The van der Waals surface area contributed by atoms with E-state index in [1.165, 1.54) is 6.07 Å². The quantitative estimate of drug-likeness (QED) is 0.852. The fourth-order valence-corrected chi connectivity index (χ4v) is 1.57. The van der Waals surface area contributed by atoms with E-state index in [2.05, 4.69) is 4.98 Å². The van der Waals surface area contributed by atoms with Crippen LogP contribution in [-0.2, 0) is 0 Å². The molecule has 0 aliphatic rings. The van der Waals surface area contributed by atoms with E-state index in [4.69, 9.17) is 10.2 Å². The third-order valence-corrected chi connectivity index (χ3v) is 2.46. The second-order valence-electron chi connectivity index (χ2n) is 3.70. The van der Waals surface area contributed by atoms with Crippen LogP contribution in [0.2, 0.25) is 0 Å². The van der Waals surface area contributed by atoms with Gasteiger partial charge in [-0.3, -0.25) is 0 Å². The average molecular weight is 236 g/mol. The van der Waals surface area contributed by atoms with Crippen molar-refractivity contribution in [2.75, 3.05) is 6.54 Å². The molecule has 0 radical (unpaired) electrons. The van der Waals surface area contributed by atoms with Crippen LogP contribution in [0.4, 0.5) is 4.39 Å².